The van der Waals surface area contributed by atoms with Gasteiger partial charge in [0.05, 0.1) is 6.10 Å². The molecule has 1 atom stereocenters. The predicted octanol–water partition coefficient (Wildman–Crippen LogP) is 3.37. The van der Waals surface area contributed by atoms with E-state index in [4.69, 9.17) is 4.74 Å². The summed E-state index contributed by atoms with van der Waals surface area (Å²) in [6.45, 7) is 4.97. The highest BCUT2D eigenvalue weighted by molar-refractivity contribution is 5.82. The van der Waals surface area contributed by atoms with E-state index in [9.17, 15) is 4.79 Å². The van der Waals surface area contributed by atoms with E-state index in [0.29, 0.717) is 18.6 Å². The lowest BCUT2D eigenvalue weighted by Crippen LogP contribution is -2.23. The first-order valence-corrected chi connectivity index (χ1v) is 6.85. The van der Waals surface area contributed by atoms with Crippen LogP contribution in [-0.4, -0.2) is 18.5 Å². The molecule has 98 valence electrons. The molecule has 18 heavy (non-hydrogen) atoms. The van der Waals surface area contributed by atoms with Crippen LogP contribution >= 0.6 is 0 Å². The second kappa shape index (κ2) is 6.14. The van der Waals surface area contributed by atoms with Crippen molar-refractivity contribution in [1.82, 2.24) is 0 Å². The summed E-state index contributed by atoms with van der Waals surface area (Å²) in [4.78, 5) is 12.1. The summed E-state index contributed by atoms with van der Waals surface area (Å²) >= 11 is 0. The van der Waals surface area contributed by atoms with Crippen molar-refractivity contribution in [2.45, 2.75) is 52.1 Å². The van der Waals surface area contributed by atoms with Crippen molar-refractivity contribution < 1.29 is 9.53 Å². The summed E-state index contributed by atoms with van der Waals surface area (Å²) in [6, 6.07) is 6.20. The number of hydrogen-bond donors (Lipinski definition) is 0. The summed E-state index contributed by atoms with van der Waals surface area (Å²) in [5, 5.41) is 0. The lowest BCUT2D eigenvalue weighted by atomic mass is 9.95. The summed E-state index contributed by atoms with van der Waals surface area (Å²) in [6.07, 6.45) is 4.67. The third kappa shape index (κ3) is 3.42. The minimum absolute atomic E-state index is 0.163. The maximum Gasteiger partial charge on any atom is 0.139 e. The quantitative estimate of drug-likeness (QED) is 0.814. The second-order valence-corrected chi connectivity index (χ2v) is 5.28. The Bertz CT molecular complexity index is 397. The number of carbonyl (C=O) groups excluding carboxylic acids is 1. The Balaban J connectivity index is 1.94. The zero-order chi connectivity index (χ0) is 13.0. The van der Waals surface area contributed by atoms with Crippen molar-refractivity contribution in [2.24, 2.45) is 0 Å². The molecule has 1 heterocycles. The topological polar surface area (TPSA) is 26.3 Å². The van der Waals surface area contributed by atoms with Crippen LogP contribution in [0.5, 0.6) is 0 Å². The van der Waals surface area contributed by atoms with Crippen molar-refractivity contribution in [2.75, 3.05) is 6.61 Å². The molecule has 1 aliphatic rings. The predicted molar refractivity (Wildman–Crippen MR) is 72.8 cm³/mol. The average Bonchev–Trinajstić information content (AvgIpc) is 2.35. The van der Waals surface area contributed by atoms with Gasteiger partial charge in [0.15, 0.2) is 0 Å². The molecular weight excluding hydrogens is 224 g/mol. The maximum atomic E-state index is 12.1. The monoisotopic (exact) mass is 246 g/mol. The van der Waals surface area contributed by atoms with Crippen LogP contribution in [0.15, 0.2) is 18.2 Å². The minimum atomic E-state index is 0.163. The highest BCUT2D eigenvalue weighted by atomic mass is 16.5. The average molecular weight is 246 g/mol. The molecule has 1 aliphatic heterocycles. The third-order valence-corrected chi connectivity index (χ3v) is 3.75. The lowest BCUT2D eigenvalue weighted by molar-refractivity contribution is -0.122. The van der Waals surface area contributed by atoms with Crippen molar-refractivity contribution in [3.63, 3.8) is 0 Å². The van der Waals surface area contributed by atoms with Crippen molar-refractivity contribution in [3.05, 3.63) is 34.9 Å². The van der Waals surface area contributed by atoms with Crippen LogP contribution in [0.25, 0.3) is 0 Å². The van der Waals surface area contributed by atoms with E-state index in [1.807, 2.05) is 6.07 Å². The molecule has 1 saturated heterocycles. The molecule has 1 aromatic carbocycles. The van der Waals surface area contributed by atoms with Gasteiger partial charge in [-0.25, -0.2) is 0 Å². The lowest BCUT2D eigenvalue weighted by Gasteiger charge is -2.22. The number of benzene rings is 1. The summed E-state index contributed by atoms with van der Waals surface area (Å²) in [5.74, 6) is 0.305. The van der Waals surface area contributed by atoms with E-state index in [-0.39, 0.29) is 6.10 Å². The zero-order valence-electron chi connectivity index (χ0n) is 11.4. The molecule has 0 saturated carbocycles. The van der Waals surface area contributed by atoms with Gasteiger partial charge in [-0.2, -0.15) is 0 Å². The van der Waals surface area contributed by atoms with E-state index in [1.54, 1.807) is 0 Å². The second-order valence-electron chi connectivity index (χ2n) is 5.28. The molecule has 0 radical (unpaired) electrons. The minimum Gasteiger partial charge on any atom is -0.378 e. The normalized spacial score (nSPS) is 19.8. The fraction of sp³-hybridized carbons (Fsp3) is 0.562. The number of ketones is 1. The smallest absolute Gasteiger partial charge is 0.139 e. The van der Waals surface area contributed by atoms with Gasteiger partial charge >= 0.3 is 0 Å². The molecule has 0 aromatic heterocycles. The molecule has 1 aromatic rings. The van der Waals surface area contributed by atoms with Crippen LogP contribution in [0.3, 0.4) is 0 Å². The van der Waals surface area contributed by atoms with Crippen LogP contribution < -0.4 is 0 Å². The standard InChI is InChI=1S/C16H22O2/c1-12-6-5-7-13(2)16(12)11-14(17)10-15-8-3-4-9-18-15/h5-7,15H,3-4,8-11H2,1-2H3. The molecule has 2 nitrogen and oxygen atoms in total. The van der Waals surface area contributed by atoms with E-state index in [0.717, 1.165) is 19.4 Å². The largest absolute Gasteiger partial charge is 0.378 e. The molecule has 0 bridgehead atoms. The Hall–Kier alpha value is -1.15. The van der Waals surface area contributed by atoms with Crippen LogP contribution in [0.2, 0.25) is 0 Å². The van der Waals surface area contributed by atoms with Gasteiger partial charge in [0.2, 0.25) is 0 Å². The Kier molecular flexibility index (Phi) is 4.54. The number of ether oxygens (including phenoxy) is 1. The molecule has 1 unspecified atom stereocenters. The molecular formula is C16H22O2. The molecule has 0 N–H and O–H groups in total. The highest BCUT2D eigenvalue weighted by Crippen LogP contribution is 2.19. The molecule has 0 aliphatic carbocycles. The number of hydrogen-bond acceptors (Lipinski definition) is 2. The van der Waals surface area contributed by atoms with Gasteiger partial charge in [-0.1, -0.05) is 18.2 Å². The SMILES string of the molecule is Cc1cccc(C)c1CC(=O)CC1CCCCO1. The number of rotatable bonds is 4. The van der Waals surface area contributed by atoms with Crippen LogP contribution in [-0.2, 0) is 16.0 Å². The van der Waals surface area contributed by atoms with Crippen molar-refractivity contribution >= 4 is 5.78 Å². The van der Waals surface area contributed by atoms with Gasteiger partial charge in [0.1, 0.15) is 5.78 Å². The Labute approximate surface area is 109 Å². The van der Waals surface area contributed by atoms with E-state index < -0.39 is 0 Å². The fourth-order valence-electron chi connectivity index (χ4n) is 2.62. The molecule has 0 amide bonds. The van der Waals surface area contributed by atoms with Gasteiger partial charge in [0, 0.05) is 19.4 Å². The Morgan fingerprint density at radius 2 is 2.00 bits per heavy atom. The number of carbonyl (C=O) groups is 1. The van der Waals surface area contributed by atoms with Gasteiger partial charge in [-0.15, -0.1) is 0 Å². The number of Topliss-reactive ketones (excluding diaryl/α,β-unsaturated/α-hetero) is 1. The summed E-state index contributed by atoms with van der Waals surface area (Å²) in [5.41, 5.74) is 3.62. The third-order valence-electron chi connectivity index (χ3n) is 3.75. The van der Waals surface area contributed by atoms with E-state index >= 15 is 0 Å². The van der Waals surface area contributed by atoms with Crippen LogP contribution in [0.4, 0.5) is 0 Å². The Morgan fingerprint density at radius 3 is 2.61 bits per heavy atom. The molecule has 2 rings (SSSR count). The molecule has 1 fully saturated rings. The zero-order valence-corrected chi connectivity index (χ0v) is 11.4. The van der Waals surface area contributed by atoms with Crippen molar-refractivity contribution in [3.8, 4) is 0 Å². The van der Waals surface area contributed by atoms with E-state index in [2.05, 4.69) is 26.0 Å². The summed E-state index contributed by atoms with van der Waals surface area (Å²) in [7, 11) is 0. The first-order chi connectivity index (χ1) is 8.66. The first-order valence-electron chi connectivity index (χ1n) is 6.85. The molecule has 2 heteroatoms. The van der Waals surface area contributed by atoms with Gasteiger partial charge in [0.25, 0.3) is 0 Å². The number of aryl methyl sites for hydroxylation is 2. The summed E-state index contributed by atoms with van der Waals surface area (Å²) < 4.78 is 5.63. The van der Waals surface area contributed by atoms with Crippen molar-refractivity contribution in [1.29, 1.82) is 0 Å². The van der Waals surface area contributed by atoms with Gasteiger partial charge in [-0.3, -0.25) is 4.79 Å². The van der Waals surface area contributed by atoms with Gasteiger partial charge in [-0.05, 0) is 49.8 Å². The highest BCUT2D eigenvalue weighted by Gasteiger charge is 2.18. The van der Waals surface area contributed by atoms with E-state index in [1.165, 1.54) is 23.1 Å². The maximum absolute atomic E-state index is 12.1. The van der Waals surface area contributed by atoms with Crippen LogP contribution in [0, 0.1) is 13.8 Å². The molecule has 0 spiro atoms. The van der Waals surface area contributed by atoms with Crippen LogP contribution in [0.1, 0.15) is 42.4 Å². The fourth-order valence-corrected chi connectivity index (χ4v) is 2.62. The first kappa shape index (κ1) is 13.3. The van der Waals surface area contributed by atoms with Gasteiger partial charge < -0.3 is 4.74 Å². The Morgan fingerprint density at radius 1 is 1.28 bits per heavy atom.